The van der Waals surface area contributed by atoms with Crippen molar-refractivity contribution in [1.82, 2.24) is 9.55 Å². The molecule has 1 aliphatic rings. The lowest BCUT2D eigenvalue weighted by molar-refractivity contribution is 0.425. The van der Waals surface area contributed by atoms with E-state index >= 15 is 0 Å². The van der Waals surface area contributed by atoms with Crippen LogP contribution in [0.15, 0.2) is 6.33 Å². The molecular weight excluding hydrogens is 198 g/mol. The number of aryl methyl sites for hydroxylation is 1. The van der Waals surface area contributed by atoms with Gasteiger partial charge in [-0.3, -0.25) is 0 Å². The number of hydrogen-bond donors (Lipinski definition) is 1. The summed E-state index contributed by atoms with van der Waals surface area (Å²) >= 11 is 6.08. The van der Waals surface area contributed by atoms with Gasteiger partial charge in [-0.15, -0.1) is 0 Å². The van der Waals surface area contributed by atoms with Crippen molar-refractivity contribution in [2.45, 2.75) is 44.7 Å². The van der Waals surface area contributed by atoms with Crippen LogP contribution in [-0.4, -0.2) is 9.55 Å². The maximum Gasteiger partial charge on any atom is 0.152 e. The van der Waals surface area contributed by atoms with Gasteiger partial charge in [-0.05, 0) is 19.8 Å². The fourth-order valence-electron chi connectivity index (χ4n) is 2.33. The van der Waals surface area contributed by atoms with E-state index in [1.54, 1.807) is 6.33 Å². The molecule has 1 heterocycles. The van der Waals surface area contributed by atoms with E-state index in [1.807, 2.05) is 0 Å². The molecule has 0 unspecified atom stereocenters. The normalized spacial score (nSPS) is 20.2. The highest BCUT2D eigenvalue weighted by molar-refractivity contribution is 6.30. The van der Waals surface area contributed by atoms with Crippen LogP contribution in [0.4, 0.5) is 0 Å². The number of rotatable bonds is 2. The monoisotopic (exact) mass is 213 g/mol. The molecule has 1 saturated carbocycles. The Morgan fingerprint density at radius 1 is 1.57 bits per heavy atom. The van der Waals surface area contributed by atoms with Crippen molar-refractivity contribution >= 4 is 11.6 Å². The Hall–Kier alpha value is -0.540. The second-order valence-corrected chi connectivity index (χ2v) is 4.39. The van der Waals surface area contributed by atoms with Crippen molar-refractivity contribution in [1.29, 1.82) is 0 Å². The Kier molecular flexibility index (Phi) is 2.54. The largest absolute Gasteiger partial charge is 0.332 e. The van der Waals surface area contributed by atoms with Gasteiger partial charge in [0.25, 0.3) is 0 Å². The molecule has 4 heteroatoms. The molecule has 0 amide bonds. The highest BCUT2D eigenvalue weighted by Gasteiger charge is 2.36. The molecule has 0 spiro atoms. The summed E-state index contributed by atoms with van der Waals surface area (Å²) in [5.41, 5.74) is 7.15. The van der Waals surface area contributed by atoms with Gasteiger partial charge in [0.15, 0.2) is 5.15 Å². The predicted octanol–water partition coefficient (Wildman–Crippen LogP) is 2.28. The summed E-state index contributed by atoms with van der Waals surface area (Å²) in [7, 11) is 0. The van der Waals surface area contributed by atoms with Crippen LogP contribution in [0.2, 0.25) is 5.15 Å². The van der Waals surface area contributed by atoms with Gasteiger partial charge in [-0.2, -0.15) is 0 Å². The molecule has 1 fully saturated rings. The van der Waals surface area contributed by atoms with Crippen LogP contribution in [0.1, 0.15) is 38.3 Å². The Labute approximate surface area is 89.3 Å². The first kappa shape index (κ1) is 9.99. The van der Waals surface area contributed by atoms with E-state index in [0.29, 0.717) is 5.15 Å². The first-order chi connectivity index (χ1) is 6.67. The molecule has 0 saturated heterocycles. The van der Waals surface area contributed by atoms with Crippen molar-refractivity contribution < 1.29 is 0 Å². The maximum atomic E-state index is 6.36. The average molecular weight is 214 g/mol. The Bertz CT molecular complexity index is 326. The summed E-state index contributed by atoms with van der Waals surface area (Å²) in [4.78, 5) is 4.13. The van der Waals surface area contributed by atoms with Crippen molar-refractivity contribution in [3.8, 4) is 0 Å². The zero-order valence-electron chi connectivity index (χ0n) is 8.46. The Balaban J connectivity index is 2.42. The van der Waals surface area contributed by atoms with Crippen LogP contribution in [0, 0.1) is 0 Å². The molecule has 2 rings (SSSR count). The summed E-state index contributed by atoms with van der Waals surface area (Å²) in [5, 5.41) is 0.580. The van der Waals surface area contributed by atoms with E-state index in [0.717, 1.165) is 25.1 Å². The minimum Gasteiger partial charge on any atom is -0.332 e. The molecular formula is C10H16ClN3. The highest BCUT2D eigenvalue weighted by Crippen LogP contribution is 2.38. The third-order valence-corrected chi connectivity index (χ3v) is 3.38. The van der Waals surface area contributed by atoms with Crippen LogP contribution in [0.5, 0.6) is 0 Å². The van der Waals surface area contributed by atoms with Crippen LogP contribution >= 0.6 is 11.6 Å². The van der Waals surface area contributed by atoms with Gasteiger partial charge in [0.05, 0.1) is 17.6 Å². The van der Waals surface area contributed by atoms with E-state index in [-0.39, 0.29) is 5.54 Å². The summed E-state index contributed by atoms with van der Waals surface area (Å²) < 4.78 is 2.06. The maximum absolute atomic E-state index is 6.36. The first-order valence-electron chi connectivity index (χ1n) is 5.17. The summed E-state index contributed by atoms with van der Waals surface area (Å²) in [6.45, 7) is 2.97. The van der Waals surface area contributed by atoms with Crippen LogP contribution in [-0.2, 0) is 12.1 Å². The standard InChI is InChI=1S/C10H16ClN3/c1-2-14-7-13-9(11)8(14)10(12)5-3-4-6-10/h7H,2-6,12H2,1H3. The second-order valence-electron chi connectivity index (χ2n) is 4.03. The number of nitrogens with zero attached hydrogens (tertiary/aromatic N) is 2. The minimum absolute atomic E-state index is 0.233. The average Bonchev–Trinajstić information content (AvgIpc) is 2.73. The van der Waals surface area contributed by atoms with Gasteiger partial charge >= 0.3 is 0 Å². The molecule has 14 heavy (non-hydrogen) atoms. The van der Waals surface area contributed by atoms with Gasteiger partial charge in [-0.1, -0.05) is 24.4 Å². The quantitative estimate of drug-likeness (QED) is 0.819. The van der Waals surface area contributed by atoms with Crippen LogP contribution in [0.25, 0.3) is 0 Å². The number of aromatic nitrogens is 2. The molecule has 0 aromatic carbocycles. The van der Waals surface area contributed by atoms with E-state index < -0.39 is 0 Å². The van der Waals surface area contributed by atoms with Crippen LogP contribution in [0.3, 0.4) is 0 Å². The summed E-state index contributed by atoms with van der Waals surface area (Å²) in [6, 6.07) is 0. The van der Waals surface area contributed by atoms with Gasteiger partial charge < -0.3 is 10.3 Å². The SMILES string of the molecule is CCn1cnc(Cl)c1C1(N)CCCC1. The molecule has 1 aromatic rings. The molecule has 0 aliphatic heterocycles. The van der Waals surface area contributed by atoms with Gasteiger partial charge in [-0.25, -0.2) is 4.98 Å². The number of hydrogen-bond acceptors (Lipinski definition) is 2. The highest BCUT2D eigenvalue weighted by atomic mass is 35.5. The first-order valence-corrected chi connectivity index (χ1v) is 5.55. The van der Waals surface area contributed by atoms with Gasteiger partial charge in [0, 0.05) is 6.54 Å². The summed E-state index contributed by atoms with van der Waals surface area (Å²) in [5.74, 6) is 0. The molecule has 3 nitrogen and oxygen atoms in total. The number of nitrogens with two attached hydrogens (primary N) is 1. The number of imidazole rings is 1. The van der Waals surface area contributed by atoms with E-state index in [9.17, 15) is 0 Å². The van der Waals surface area contributed by atoms with E-state index in [2.05, 4.69) is 16.5 Å². The third-order valence-electron chi connectivity index (χ3n) is 3.10. The molecule has 0 atom stereocenters. The lowest BCUT2D eigenvalue weighted by Gasteiger charge is -2.25. The van der Waals surface area contributed by atoms with Crippen molar-refractivity contribution in [2.24, 2.45) is 5.73 Å². The molecule has 0 radical (unpaired) electrons. The number of halogens is 1. The molecule has 78 valence electrons. The topological polar surface area (TPSA) is 43.8 Å². The zero-order chi connectivity index (χ0) is 10.2. The Morgan fingerprint density at radius 2 is 2.21 bits per heavy atom. The zero-order valence-corrected chi connectivity index (χ0v) is 9.22. The molecule has 1 aliphatic carbocycles. The van der Waals surface area contributed by atoms with Crippen molar-refractivity contribution in [3.63, 3.8) is 0 Å². The fraction of sp³-hybridized carbons (Fsp3) is 0.700. The van der Waals surface area contributed by atoms with Crippen molar-refractivity contribution in [3.05, 3.63) is 17.2 Å². The van der Waals surface area contributed by atoms with Crippen molar-refractivity contribution in [2.75, 3.05) is 0 Å². The fourth-order valence-corrected chi connectivity index (χ4v) is 2.67. The van der Waals surface area contributed by atoms with E-state index in [4.69, 9.17) is 17.3 Å². The lowest BCUT2D eigenvalue weighted by Crippen LogP contribution is -2.35. The molecule has 1 aromatic heterocycles. The Morgan fingerprint density at radius 3 is 2.79 bits per heavy atom. The smallest absolute Gasteiger partial charge is 0.152 e. The van der Waals surface area contributed by atoms with Gasteiger partial charge in [0.1, 0.15) is 0 Å². The predicted molar refractivity (Wildman–Crippen MR) is 57.2 cm³/mol. The van der Waals surface area contributed by atoms with Gasteiger partial charge in [0.2, 0.25) is 0 Å². The molecule has 0 bridgehead atoms. The third kappa shape index (κ3) is 1.44. The summed E-state index contributed by atoms with van der Waals surface area (Å²) in [6.07, 6.45) is 6.23. The molecule has 2 N–H and O–H groups in total. The van der Waals surface area contributed by atoms with E-state index in [1.165, 1.54) is 12.8 Å². The van der Waals surface area contributed by atoms with Crippen LogP contribution < -0.4 is 5.73 Å². The lowest BCUT2D eigenvalue weighted by atomic mass is 9.95. The minimum atomic E-state index is -0.233. The second kappa shape index (κ2) is 3.55.